The lowest BCUT2D eigenvalue weighted by Crippen LogP contribution is -2.24. The van der Waals surface area contributed by atoms with Crippen molar-refractivity contribution in [3.63, 3.8) is 0 Å². The van der Waals surface area contributed by atoms with E-state index in [1.165, 1.54) is 0 Å². The van der Waals surface area contributed by atoms with Crippen molar-refractivity contribution < 1.29 is 8.42 Å². The molecule has 0 atom stereocenters. The van der Waals surface area contributed by atoms with E-state index in [4.69, 9.17) is 0 Å². The standard InChI is InChI=1S/C15H15N3O2S/c19-21(20,12-13-6-2-1-3-7-13)17-11-14-10-16-18-9-5-4-8-15(14)18/h1-10,17H,11-12H2. The van der Waals surface area contributed by atoms with Crippen molar-refractivity contribution in [2.75, 3.05) is 0 Å². The fourth-order valence-electron chi connectivity index (χ4n) is 2.16. The van der Waals surface area contributed by atoms with Gasteiger partial charge in [-0.05, 0) is 17.7 Å². The van der Waals surface area contributed by atoms with Crippen molar-refractivity contribution in [1.82, 2.24) is 14.3 Å². The molecule has 21 heavy (non-hydrogen) atoms. The summed E-state index contributed by atoms with van der Waals surface area (Å²) < 4.78 is 28.5. The summed E-state index contributed by atoms with van der Waals surface area (Å²) >= 11 is 0. The highest BCUT2D eigenvalue weighted by Gasteiger charge is 2.12. The highest BCUT2D eigenvalue weighted by molar-refractivity contribution is 7.88. The van der Waals surface area contributed by atoms with E-state index in [2.05, 4.69) is 9.82 Å². The number of benzene rings is 1. The zero-order chi connectivity index (χ0) is 14.7. The summed E-state index contributed by atoms with van der Waals surface area (Å²) in [5.41, 5.74) is 2.53. The first-order valence-electron chi connectivity index (χ1n) is 6.56. The molecule has 1 N–H and O–H groups in total. The molecule has 0 aliphatic rings. The smallest absolute Gasteiger partial charge is 0.216 e. The van der Waals surface area contributed by atoms with Crippen molar-refractivity contribution in [2.24, 2.45) is 0 Å². The van der Waals surface area contributed by atoms with E-state index in [0.29, 0.717) is 0 Å². The lowest BCUT2D eigenvalue weighted by atomic mass is 10.2. The van der Waals surface area contributed by atoms with Crippen LogP contribution in [0.5, 0.6) is 0 Å². The second-order valence-electron chi connectivity index (χ2n) is 4.77. The molecule has 1 aromatic carbocycles. The molecule has 5 nitrogen and oxygen atoms in total. The number of fused-ring (bicyclic) bond motifs is 1. The average Bonchev–Trinajstić information content (AvgIpc) is 2.89. The third-order valence-corrected chi connectivity index (χ3v) is 4.49. The van der Waals surface area contributed by atoms with Crippen LogP contribution in [-0.2, 0) is 22.3 Å². The molecule has 0 amide bonds. The number of nitrogens with zero attached hydrogens (tertiary/aromatic N) is 2. The first kappa shape index (κ1) is 13.8. The Kier molecular flexibility index (Phi) is 3.72. The maximum Gasteiger partial charge on any atom is 0.216 e. The van der Waals surface area contributed by atoms with Crippen LogP contribution >= 0.6 is 0 Å². The maximum absolute atomic E-state index is 12.1. The van der Waals surface area contributed by atoms with Crippen molar-refractivity contribution >= 4 is 15.5 Å². The Morgan fingerprint density at radius 1 is 1.05 bits per heavy atom. The van der Waals surface area contributed by atoms with Crippen LogP contribution in [0.2, 0.25) is 0 Å². The van der Waals surface area contributed by atoms with Crippen molar-refractivity contribution in [1.29, 1.82) is 0 Å². The van der Waals surface area contributed by atoms with Gasteiger partial charge in [0.2, 0.25) is 10.0 Å². The first-order valence-corrected chi connectivity index (χ1v) is 8.22. The van der Waals surface area contributed by atoms with Gasteiger partial charge >= 0.3 is 0 Å². The Labute approximate surface area is 123 Å². The minimum atomic E-state index is -3.37. The number of hydrogen-bond donors (Lipinski definition) is 1. The van der Waals surface area contributed by atoms with Gasteiger partial charge in [0.15, 0.2) is 0 Å². The predicted octanol–water partition coefficient (Wildman–Crippen LogP) is 1.95. The number of rotatable bonds is 5. The van der Waals surface area contributed by atoms with Gasteiger partial charge in [-0.3, -0.25) is 0 Å². The van der Waals surface area contributed by atoms with E-state index in [9.17, 15) is 8.42 Å². The van der Waals surface area contributed by atoms with E-state index in [-0.39, 0.29) is 12.3 Å². The Balaban J connectivity index is 1.72. The SMILES string of the molecule is O=S(=O)(Cc1ccccc1)NCc1cnn2ccccc12. The van der Waals surface area contributed by atoms with Crippen LogP contribution in [0.3, 0.4) is 0 Å². The van der Waals surface area contributed by atoms with Gasteiger partial charge in [-0.15, -0.1) is 0 Å². The largest absolute Gasteiger partial charge is 0.241 e. The number of nitrogens with one attached hydrogen (secondary N) is 1. The Bertz CT molecular complexity index is 841. The maximum atomic E-state index is 12.1. The number of pyridine rings is 1. The molecule has 2 heterocycles. The lowest BCUT2D eigenvalue weighted by Gasteiger charge is -2.06. The highest BCUT2D eigenvalue weighted by atomic mass is 32.2. The minimum Gasteiger partial charge on any atom is -0.241 e. The molecule has 0 saturated carbocycles. The van der Waals surface area contributed by atoms with Gasteiger partial charge in [0, 0.05) is 18.3 Å². The highest BCUT2D eigenvalue weighted by Crippen LogP contribution is 2.11. The third-order valence-electron chi connectivity index (χ3n) is 3.19. The zero-order valence-corrected chi connectivity index (χ0v) is 12.1. The number of sulfonamides is 1. The molecule has 0 unspecified atom stereocenters. The molecule has 0 aliphatic carbocycles. The van der Waals surface area contributed by atoms with Gasteiger partial charge in [0.25, 0.3) is 0 Å². The zero-order valence-electron chi connectivity index (χ0n) is 11.3. The second-order valence-corrected chi connectivity index (χ2v) is 6.57. The van der Waals surface area contributed by atoms with Gasteiger partial charge in [0.05, 0.1) is 17.5 Å². The molecule has 6 heteroatoms. The topological polar surface area (TPSA) is 63.5 Å². The van der Waals surface area contributed by atoms with Crippen LogP contribution in [0.1, 0.15) is 11.1 Å². The van der Waals surface area contributed by atoms with Gasteiger partial charge in [0.1, 0.15) is 0 Å². The van der Waals surface area contributed by atoms with Gasteiger partial charge in [-0.1, -0.05) is 36.4 Å². The van der Waals surface area contributed by atoms with Gasteiger partial charge in [-0.25, -0.2) is 17.7 Å². The molecular formula is C15H15N3O2S. The summed E-state index contributed by atoms with van der Waals surface area (Å²) in [5, 5.41) is 4.19. The summed E-state index contributed by atoms with van der Waals surface area (Å²) in [6.45, 7) is 0.239. The normalized spacial score (nSPS) is 11.8. The average molecular weight is 301 g/mol. The lowest BCUT2D eigenvalue weighted by molar-refractivity contribution is 0.580. The molecular weight excluding hydrogens is 286 g/mol. The number of aromatic nitrogens is 2. The van der Waals surface area contributed by atoms with Crippen LogP contribution in [0.15, 0.2) is 60.9 Å². The summed E-state index contributed by atoms with van der Waals surface area (Å²) in [4.78, 5) is 0. The molecule has 0 bridgehead atoms. The number of hydrogen-bond acceptors (Lipinski definition) is 3. The van der Waals surface area contributed by atoms with Gasteiger partial charge in [-0.2, -0.15) is 5.10 Å². The van der Waals surface area contributed by atoms with Crippen LogP contribution in [0.4, 0.5) is 0 Å². The first-order chi connectivity index (χ1) is 10.1. The fraction of sp³-hybridized carbons (Fsp3) is 0.133. The summed E-state index contributed by atoms with van der Waals surface area (Å²) in [7, 11) is -3.37. The molecule has 3 rings (SSSR count). The summed E-state index contributed by atoms with van der Waals surface area (Å²) in [6.07, 6.45) is 3.51. The fourth-order valence-corrected chi connectivity index (χ4v) is 3.26. The van der Waals surface area contributed by atoms with E-state index in [1.54, 1.807) is 22.8 Å². The van der Waals surface area contributed by atoms with E-state index < -0.39 is 10.0 Å². The Morgan fingerprint density at radius 3 is 2.62 bits per heavy atom. The molecule has 0 fully saturated rings. The van der Waals surface area contributed by atoms with Crippen molar-refractivity contribution in [3.05, 3.63) is 72.1 Å². The monoisotopic (exact) mass is 301 g/mol. The van der Waals surface area contributed by atoms with Crippen molar-refractivity contribution in [3.8, 4) is 0 Å². The van der Waals surface area contributed by atoms with Crippen LogP contribution in [0, 0.1) is 0 Å². The minimum absolute atomic E-state index is 0.0208. The Morgan fingerprint density at radius 2 is 1.81 bits per heavy atom. The molecule has 0 aliphatic heterocycles. The third kappa shape index (κ3) is 3.29. The van der Waals surface area contributed by atoms with E-state index >= 15 is 0 Å². The second kappa shape index (κ2) is 5.67. The summed E-state index contributed by atoms with van der Waals surface area (Å²) in [5.74, 6) is -0.0208. The molecule has 3 aromatic rings. The molecule has 0 spiro atoms. The molecule has 0 saturated heterocycles. The van der Waals surface area contributed by atoms with Crippen molar-refractivity contribution in [2.45, 2.75) is 12.3 Å². The molecule has 0 radical (unpaired) electrons. The predicted molar refractivity (Wildman–Crippen MR) is 81.1 cm³/mol. The Hall–Kier alpha value is -2.18. The van der Waals surface area contributed by atoms with Gasteiger partial charge < -0.3 is 0 Å². The van der Waals surface area contributed by atoms with Crippen LogP contribution in [-0.4, -0.2) is 18.0 Å². The van der Waals surface area contributed by atoms with E-state index in [1.807, 2.05) is 42.6 Å². The van der Waals surface area contributed by atoms with Crippen LogP contribution < -0.4 is 4.72 Å². The van der Waals surface area contributed by atoms with E-state index in [0.717, 1.165) is 16.6 Å². The molecule has 2 aromatic heterocycles. The quantitative estimate of drug-likeness (QED) is 0.783. The van der Waals surface area contributed by atoms with Crippen LogP contribution in [0.25, 0.3) is 5.52 Å². The summed E-state index contributed by atoms with van der Waals surface area (Å²) in [6, 6.07) is 14.8. The molecule has 108 valence electrons.